The molecule has 0 N–H and O–H groups in total. The van der Waals surface area contributed by atoms with Crippen LogP contribution in [0.3, 0.4) is 0 Å². The van der Waals surface area contributed by atoms with E-state index >= 15 is 0 Å². The standard InChI is InChI=1S/C10H13ClN2O/c1-7-9(11)3-4-10(12-7)13-5-8(6-13)14-2/h3-4,8H,5-6H2,1-2H3. The molecule has 2 heterocycles. The fourth-order valence-electron chi connectivity index (χ4n) is 1.48. The maximum absolute atomic E-state index is 5.90. The highest BCUT2D eigenvalue weighted by atomic mass is 35.5. The highest BCUT2D eigenvalue weighted by molar-refractivity contribution is 6.31. The van der Waals surface area contributed by atoms with E-state index in [1.165, 1.54) is 0 Å². The Bertz CT molecular complexity index is 337. The molecule has 0 aliphatic carbocycles. The molecular formula is C10H13ClN2O. The van der Waals surface area contributed by atoms with E-state index in [1.54, 1.807) is 7.11 Å². The Morgan fingerprint density at radius 3 is 2.79 bits per heavy atom. The van der Waals surface area contributed by atoms with Crippen LogP contribution in [0.2, 0.25) is 5.02 Å². The van der Waals surface area contributed by atoms with Crippen molar-refractivity contribution in [3.8, 4) is 0 Å². The van der Waals surface area contributed by atoms with Crippen molar-refractivity contribution >= 4 is 17.4 Å². The molecule has 2 rings (SSSR count). The summed E-state index contributed by atoms with van der Waals surface area (Å²) in [6.07, 6.45) is 0.354. The average molecular weight is 213 g/mol. The Kier molecular flexibility index (Phi) is 2.61. The van der Waals surface area contributed by atoms with Gasteiger partial charge in [-0.2, -0.15) is 0 Å². The number of hydrogen-bond acceptors (Lipinski definition) is 3. The first kappa shape index (κ1) is 9.74. The first-order valence-electron chi connectivity index (χ1n) is 4.61. The minimum atomic E-state index is 0.354. The molecular weight excluding hydrogens is 200 g/mol. The summed E-state index contributed by atoms with van der Waals surface area (Å²) >= 11 is 5.90. The van der Waals surface area contributed by atoms with Crippen LogP contribution in [0.15, 0.2) is 12.1 Å². The van der Waals surface area contributed by atoms with E-state index in [4.69, 9.17) is 16.3 Å². The van der Waals surface area contributed by atoms with Crippen molar-refractivity contribution in [2.24, 2.45) is 0 Å². The normalized spacial score (nSPS) is 16.9. The third-order valence-corrected chi connectivity index (χ3v) is 2.91. The van der Waals surface area contributed by atoms with Gasteiger partial charge in [0.15, 0.2) is 0 Å². The highest BCUT2D eigenvalue weighted by Crippen LogP contribution is 2.23. The van der Waals surface area contributed by atoms with Crippen molar-refractivity contribution in [3.63, 3.8) is 0 Å². The van der Waals surface area contributed by atoms with Crippen LogP contribution in [0, 0.1) is 6.92 Å². The molecule has 0 saturated carbocycles. The molecule has 3 nitrogen and oxygen atoms in total. The van der Waals surface area contributed by atoms with Gasteiger partial charge in [0.2, 0.25) is 0 Å². The molecule has 0 amide bonds. The number of anilines is 1. The highest BCUT2D eigenvalue weighted by Gasteiger charge is 2.27. The molecule has 1 aromatic rings. The van der Waals surface area contributed by atoms with Gasteiger partial charge in [-0.05, 0) is 19.1 Å². The molecule has 1 aromatic heterocycles. The lowest BCUT2D eigenvalue weighted by atomic mass is 10.1. The van der Waals surface area contributed by atoms with Crippen LogP contribution < -0.4 is 4.90 Å². The second-order valence-electron chi connectivity index (χ2n) is 3.50. The van der Waals surface area contributed by atoms with Gasteiger partial charge in [-0.15, -0.1) is 0 Å². The van der Waals surface area contributed by atoms with Crippen LogP contribution in [0.4, 0.5) is 5.82 Å². The largest absolute Gasteiger partial charge is 0.378 e. The maximum Gasteiger partial charge on any atom is 0.129 e. The summed E-state index contributed by atoms with van der Waals surface area (Å²) in [5.41, 5.74) is 0.880. The quantitative estimate of drug-likeness (QED) is 0.749. The van der Waals surface area contributed by atoms with E-state index in [1.807, 2.05) is 19.1 Å². The van der Waals surface area contributed by atoms with Crippen molar-refractivity contribution in [2.75, 3.05) is 25.1 Å². The zero-order valence-electron chi connectivity index (χ0n) is 8.33. The summed E-state index contributed by atoms with van der Waals surface area (Å²) in [6.45, 7) is 3.76. The molecule has 1 aliphatic heterocycles. The maximum atomic E-state index is 5.90. The molecule has 1 saturated heterocycles. The number of halogens is 1. The van der Waals surface area contributed by atoms with Crippen LogP contribution in [0.25, 0.3) is 0 Å². The van der Waals surface area contributed by atoms with E-state index < -0.39 is 0 Å². The molecule has 1 fully saturated rings. The Hall–Kier alpha value is -0.800. The lowest BCUT2D eigenvalue weighted by Crippen LogP contribution is -2.52. The summed E-state index contributed by atoms with van der Waals surface area (Å²) in [4.78, 5) is 6.58. The van der Waals surface area contributed by atoms with E-state index in [-0.39, 0.29) is 0 Å². The van der Waals surface area contributed by atoms with Crippen molar-refractivity contribution in [1.82, 2.24) is 4.98 Å². The SMILES string of the molecule is COC1CN(c2ccc(Cl)c(C)n2)C1. The molecule has 0 radical (unpaired) electrons. The van der Waals surface area contributed by atoms with Gasteiger partial charge >= 0.3 is 0 Å². The number of aryl methyl sites for hydroxylation is 1. The van der Waals surface area contributed by atoms with Gasteiger partial charge < -0.3 is 9.64 Å². The van der Waals surface area contributed by atoms with E-state index in [0.717, 1.165) is 29.6 Å². The van der Waals surface area contributed by atoms with Gasteiger partial charge in [0.1, 0.15) is 5.82 Å². The van der Waals surface area contributed by atoms with Crippen molar-refractivity contribution in [1.29, 1.82) is 0 Å². The monoisotopic (exact) mass is 212 g/mol. The molecule has 4 heteroatoms. The zero-order chi connectivity index (χ0) is 10.1. The van der Waals surface area contributed by atoms with Crippen molar-refractivity contribution in [3.05, 3.63) is 22.8 Å². The molecule has 76 valence electrons. The molecule has 1 aliphatic rings. The predicted octanol–water partition coefficient (Wildman–Crippen LogP) is 1.88. The van der Waals surface area contributed by atoms with Crippen LogP contribution in [-0.4, -0.2) is 31.3 Å². The predicted molar refractivity (Wildman–Crippen MR) is 57.0 cm³/mol. The summed E-state index contributed by atoms with van der Waals surface area (Å²) in [6, 6.07) is 3.83. The van der Waals surface area contributed by atoms with Gasteiger partial charge in [0.05, 0.1) is 16.8 Å². The van der Waals surface area contributed by atoms with Gasteiger partial charge in [-0.3, -0.25) is 0 Å². The molecule has 0 bridgehead atoms. The van der Waals surface area contributed by atoms with Crippen LogP contribution in [-0.2, 0) is 4.74 Å². The van der Waals surface area contributed by atoms with E-state index in [2.05, 4.69) is 9.88 Å². The zero-order valence-corrected chi connectivity index (χ0v) is 9.08. The Morgan fingerprint density at radius 2 is 2.21 bits per heavy atom. The summed E-state index contributed by atoms with van der Waals surface area (Å²) < 4.78 is 5.20. The first-order chi connectivity index (χ1) is 6.70. The third kappa shape index (κ3) is 1.70. The topological polar surface area (TPSA) is 25.4 Å². The smallest absolute Gasteiger partial charge is 0.129 e. The van der Waals surface area contributed by atoms with Crippen LogP contribution in [0.1, 0.15) is 5.69 Å². The lowest BCUT2D eigenvalue weighted by Gasteiger charge is -2.39. The fourth-order valence-corrected chi connectivity index (χ4v) is 1.59. The number of hydrogen-bond donors (Lipinski definition) is 0. The third-order valence-electron chi connectivity index (χ3n) is 2.51. The van der Waals surface area contributed by atoms with Gasteiger partial charge in [0.25, 0.3) is 0 Å². The van der Waals surface area contributed by atoms with Crippen molar-refractivity contribution in [2.45, 2.75) is 13.0 Å². The molecule has 0 unspecified atom stereocenters. The Morgan fingerprint density at radius 1 is 1.50 bits per heavy atom. The molecule has 14 heavy (non-hydrogen) atoms. The first-order valence-corrected chi connectivity index (χ1v) is 4.99. The Labute approximate surface area is 88.6 Å². The number of ether oxygens (including phenoxy) is 1. The number of methoxy groups -OCH3 is 1. The van der Waals surface area contributed by atoms with Gasteiger partial charge in [-0.1, -0.05) is 11.6 Å². The van der Waals surface area contributed by atoms with E-state index in [9.17, 15) is 0 Å². The molecule has 0 aromatic carbocycles. The number of rotatable bonds is 2. The summed E-state index contributed by atoms with van der Waals surface area (Å²) in [7, 11) is 1.74. The number of aromatic nitrogens is 1. The summed E-state index contributed by atoms with van der Waals surface area (Å²) in [5.74, 6) is 0.986. The van der Waals surface area contributed by atoms with Crippen LogP contribution in [0.5, 0.6) is 0 Å². The number of pyridine rings is 1. The van der Waals surface area contributed by atoms with E-state index in [0.29, 0.717) is 6.10 Å². The molecule has 0 spiro atoms. The molecule has 0 atom stereocenters. The average Bonchev–Trinajstić information content (AvgIpc) is 2.09. The second-order valence-corrected chi connectivity index (χ2v) is 3.91. The minimum absolute atomic E-state index is 0.354. The number of nitrogens with zero attached hydrogens (tertiary/aromatic N) is 2. The Balaban J connectivity index is 2.08. The summed E-state index contributed by atoms with van der Waals surface area (Å²) in [5, 5.41) is 0.720. The lowest BCUT2D eigenvalue weighted by molar-refractivity contribution is 0.0783. The minimum Gasteiger partial charge on any atom is -0.378 e. The second kappa shape index (κ2) is 3.75. The van der Waals surface area contributed by atoms with Gasteiger partial charge in [-0.25, -0.2) is 4.98 Å². The van der Waals surface area contributed by atoms with Crippen LogP contribution >= 0.6 is 11.6 Å². The fraction of sp³-hybridized carbons (Fsp3) is 0.500. The van der Waals surface area contributed by atoms with Crippen molar-refractivity contribution < 1.29 is 4.74 Å². The van der Waals surface area contributed by atoms with Gasteiger partial charge in [0, 0.05) is 20.2 Å².